The lowest BCUT2D eigenvalue weighted by molar-refractivity contribution is 0.0917. The first-order valence-corrected chi connectivity index (χ1v) is 5.89. The standard InChI is InChI=1S/C11H14BrNO2/c1-7(2)11(3-4-11)13-10(14)8-5-9(12)15-6-8/h5-7H,3-4H2,1-2H3,(H,13,14). The fourth-order valence-corrected chi connectivity index (χ4v) is 2.05. The lowest BCUT2D eigenvalue weighted by atomic mass is 10.0. The second-order valence-corrected chi connectivity index (χ2v) is 5.19. The van der Waals surface area contributed by atoms with Crippen molar-refractivity contribution >= 4 is 21.8 Å². The molecule has 15 heavy (non-hydrogen) atoms. The number of amides is 1. The third-order valence-corrected chi connectivity index (χ3v) is 3.50. The summed E-state index contributed by atoms with van der Waals surface area (Å²) in [5, 5.41) is 3.08. The lowest BCUT2D eigenvalue weighted by Gasteiger charge is -2.20. The van der Waals surface area contributed by atoms with E-state index in [0.29, 0.717) is 16.2 Å². The van der Waals surface area contributed by atoms with E-state index in [1.54, 1.807) is 6.07 Å². The highest BCUT2D eigenvalue weighted by atomic mass is 79.9. The van der Waals surface area contributed by atoms with Gasteiger partial charge in [-0.05, 0) is 34.7 Å². The molecule has 0 aliphatic heterocycles. The van der Waals surface area contributed by atoms with Crippen LogP contribution in [-0.2, 0) is 0 Å². The van der Waals surface area contributed by atoms with E-state index in [1.807, 2.05) is 0 Å². The molecule has 1 N–H and O–H groups in total. The van der Waals surface area contributed by atoms with Gasteiger partial charge in [0.2, 0.25) is 0 Å². The van der Waals surface area contributed by atoms with Gasteiger partial charge in [0.25, 0.3) is 5.91 Å². The van der Waals surface area contributed by atoms with Crippen LogP contribution in [-0.4, -0.2) is 11.4 Å². The molecule has 1 heterocycles. The summed E-state index contributed by atoms with van der Waals surface area (Å²) in [6.45, 7) is 4.27. The number of hydrogen-bond donors (Lipinski definition) is 1. The largest absolute Gasteiger partial charge is 0.457 e. The summed E-state index contributed by atoms with van der Waals surface area (Å²) in [5.41, 5.74) is 0.606. The van der Waals surface area contributed by atoms with Crippen LogP contribution in [0.15, 0.2) is 21.4 Å². The highest BCUT2D eigenvalue weighted by molar-refractivity contribution is 9.10. The van der Waals surface area contributed by atoms with E-state index in [9.17, 15) is 4.79 Å². The topological polar surface area (TPSA) is 42.2 Å². The smallest absolute Gasteiger partial charge is 0.255 e. The van der Waals surface area contributed by atoms with Crippen molar-refractivity contribution < 1.29 is 9.21 Å². The molecule has 0 atom stereocenters. The van der Waals surface area contributed by atoms with E-state index >= 15 is 0 Å². The number of furan rings is 1. The van der Waals surface area contributed by atoms with Gasteiger partial charge in [-0.2, -0.15) is 0 Å². The first kappa shape index (κ1) is 10.7. The molecule has 0 bridgehead atoms. The van der Waals surface area contributed by atoms with Crippen LogP contribution in [0.5, 0.6) is 0 Å². The second kappa shape index (κ2) is 3.67. The van der Waals surface area contributed by atoms with Crippen LogP contribution < -0.4 is 5.32 Å². The van der Waals surface area contributed by atoms with Gasteiger partial charge >= 0.3 is 0 Å². The van der Waals surface area contributed by atoms with Crippen LogP contribution in [0, 0.1) is 5.92 Å². The maximum atomic E-state index is 11.8. The molecular weight excluding hydrogens is 258 g/mol. The summed E-state index contributed by atoms with van der Waals surface area (Å²) < 4.78 is 5.62. The molecule has 1 aromatic heterocycles. The van der Waals surface area contributed by atoms with Crippen LogP contribution in [0.25, 0.3) is 0 Å². The molecule has 4 heteroatoms. The Morgan fingerprint density at radius 1 is 1.60 bits per heavy atom. The quantitative estimate of drug-likeness (QED) is 0.919. The lowest BCUT2D eigenvalue weighted by Crippen LogP contribution is -2.40. The van der Waals surface area contributed by atoms with E-state index in [4.69, 9.17) is 4.42 Å². The van der Waals surface area contributed by atoms with Crippen molar-refractivity contribution in [1.82, 2.24) is 5.32 Å². The molecule has 0 radical (unpaired) electrons. The van der Waals surface area contributed by atoms with E-state index in [0.717, 1.165) is 12.8 Å². The number of hydrogen-bond acceptors (Lipinski definition) is 2. The van der Waals surface area contributed by atoms with Crippen molar-refractivity contribution in [3.05, 3.63) is 22.6 Å². The zero-order valence-electron chi connectivity index (χ0n) is 8.84. The van der Waals surface area contributed by atoms with E-state index < -0.39 is 0 Å². The first-order valence-electron chi connectivity index (χ1n) is 5.10. The summed E-state index contributed by atoms with van der Waals surface area (Å²) in [6, 6.07) is 1.69. The van der Waals surface area contributed by atoms with Gasteiger partial charge in [-0.15, -0.1) is 0 Å². The SMILES string of the molecule is CC(C)C1(NC(=O)c2coc(Br)c2)CC1. The van der Waals surface area contributed by atoms with E-state index in [-0.39, 0.29) is 11.4 Å². The van der Waals surface area contributed by atoms with Crippen molar-refractivity contribution in [2.45, 2.75) is 32.2 Å². The number of carbonyl (C=O) groups excluding carboxylic acids is 1. The molecule has 0 spiro atoms. The Bertz CT molecular complexity index is 380. The molecule has 0 unspecified atom stereocenters. The molecule has 2 rings (SSSR count). The first-order chi connectivity index (χ1) is 7.03. The molecule has 82 valence electrons. The highest BCUT2D eigenvalue weighted by Crippen LogP contribution is 2.42. The van der Waals surface area contributed by atoms with Crippen LogP contribution in [0.2, 0.25) is 0 Å². The summed E-state index contributed by atoms with van der Waals surface area (Å²) >= 11 is 3.18. The molecule has 0 saturated heterocycles. The van der Waals surface area contributed by atoms with Gasteiger partial charge in [0, 0.05) is 11.6 Å². The molecule has 1 aliphatic rings. The van der Waals surface area contributed by atoms with Crippen molar-refractivity contribution in [3.8, 4) is 0 Å². The van der Waals surface area contributed by atoms with Gasteiger partial charge in [0.05, 0.1) is 5.56 Å². The predicted octanol–water partition coefficient (Wildman–Crippen LogP) is 2.96. The molecule has 1 saturated carbocycles. The molecule has 1 aromatic rings. The van der Waals surface area contributed by atoms with Gasteiger partial charge in [0.1, 0.15) is 6.26 Å². The van der Waals surface area contributed by atoms with Gasteiger partial charge in [0.15, 0.2) is 4.67 Å². The van der Waals surface area contributed by atoms with Gasteiger partial charge in [-0.1, -0.05) is 13.8 Å². The predicted molar refractivity (Wildman–Crippen MR) is 60.7 cm³/mol. The number of nitrogens with one attached hydrogen (secondary N) is 1. The van der Waals surface area contributed by atoms with Crippen LogP contribution >= 0.6 is 15.9 Å². The Hall–Kier alpha value is -0.770. The minimum atomic E-state index is -0.0457. The minimum absolute atomic E-state index is 0.0286. The van der Waals surface area contributed by atoms with Crippen LogP contribution in [0.1, 0.15) is 37.0 Å². The third-order valence-electron chi connectivity index (χ3n) is 3.09. The Kier molecular flexibility index (Phi) is 2.63. The maximum Gasteiger partial charge on any atom is 0.255 e. The average molecular weight is 272 g/mol. The number of rotatable bonds is 3. The summed E-state index contributed by atoms with van der Waals surface area (Å²) in [4.78, 5) is 11.8. The number of carbonyl (C=O) groups is 1. The highest BCUT2D eigenvalue weighted by Gasteiger charge is 2.46. The minimum Gasteiger partial charge on any atom is -0.457 e. The van der Waals surface area contributed by atoms with Gasteiger partial charge in [-0.3, -0.25) is 4.79 Å². The fraction of sp³-hybridized carbons (Fsp3) is 0.545. The van der Waals surface area contributed by atoms with Crippen molar-refractivity contribution in [1.29, 1.82) is 0 Å². The van der Waals surface area contributed by atoms with Gasteiger partial charge in [-0.25, -0.2) is 0 Å². The van der Waals surface area contributed by atoms with Crippen molar-refractivity contribution in [3.63, 3.8) is 0 Å². The summed E-state index contributed by atoms with van der Waals surface area (Å²) in [6.07, 6.45) is 3.63. The zero-order chi connectivity index (χ0) is 11.1. The second-order valence-electron chi connectivity index (χ2n) is 4.40. The summed E-state index contributed by atoms with van der Waals surface area (Å²) in [5.74, 6) is 0.437. The van der Waals surface area contributed by atoms with Crippen LogP contribution in [0.4, 0.5) is 0 Å². The van der Waals surface area contributed by atoms with E-state index in [1.165, 1.54) is 6.26 Å². The normalized spacial score (nSPS) is 17.9. The number of halogens is 1. The average Bonchev–Trinajstić information content (AvgIpc) is 2.82. The Balaban J connectivity index is 2.04. The Morgan fingerprint density at radius 3 is 2.67 bits per heavy atom. The molecule has 0 aromatic carbocycles. The fourth-order valence-electron chi connectivity index (χ4n) is 1.71. The van der Waals surface area contributed by atoms with Crippen molar-refractivity contribution in [2.75, 3.05) is 0 Å². The molecule has 1 fully saturated rings. The third kappa shape index (κ3) is 2.09. The Labute approximate surface area is 97.4 Å². The molecule has 1 amide bonds. The molecule has 1 aliphatic carbocycles. The Morgan fingerprint density at radius 2 is 2.27 bits per heavy atom. The molecule has 3 nitrogen and oxygen atoms in total. The van der Waals surface area contributed by atoms with Crippen molar-refractivity contribution in [2.24, 2.45) is 5.92 Å². The maximum absolute atomic E-state index is 11.8. The molecular formula is C11H14BrNO2. The zero-order valence-corrected chi connectivity index (χ0v) is 10.4. The monoisotopic (exact) mass is 271 g/mol. The summed E-state index contributed by atoms with van der Waals surface area (Å²) in [7, 11) is 0. The van der Waals surface area contributed by atoms with Crippen LogP contribution in [0.3, 0.4) is 0 Å². The van der Waals surface area contributed by atoms with E-state index in [2.05, 4.69) is 35.1 Å². The van der Waals surface area contributed by atoms with Gasteiger partial charge < -0.3 is 9.73 Å².